The Hall–Kier alpha value is -3.52. The topological polar surface area (TPSA) is 79.9 Å². The van der Waals surface area contributed by atoms with Crippen LogP contribution < -0.4 is 10.2 Å². The van der Waals surface area contributed by atoms with E-state index >= 15 is 0 Å². The van der Waals surface area contributed by atoms with Crippen molar-refractivity contribution < 1.29 is 9.69 Å². The number of anilines is 1. The van der Waals surface area contributed by atoms with Crippen LogP contribution in [0.25, 0.3) is 16.6 Å². The van der Waals surface area contributed by atoms with E-state index in [4.69, 9.17) is 0 Å². The van der Waals surface area contributed by atoms with Crippen LogP contribution in [0.1, 0.15) is 16.7 Å². The van der Waals surface area contributed by atoms with Gasteiger partial charge in [0.25, 0.3) is 0 Å². The van der Waals surface area contributed by atoms with Crippen molar-refractivity contribution in [1.82, 2.24) is 24.9 Å². The summed E-state index contributed by atoms with van der Waals surface area (Å²) in [5, 5.41) is 16.3. The van der Waals surface area contributed by atoms with Gasteiger partial charge in [-0.2, -0.15) is 4.52 Å². The average molecular weight is 419 g/mol. The van der Waals surface area contributed by atoms with Gasteiger partial charge < -0.3 is 15.1 Å². The first kappa shape index (κ1) is 20.7. The molecule has 0 radical (unpaired) electrons. The normalized spacial score (nSPS) is 11.4. The quantitative estimate of drug-likeness (QED) is 0.502. The maximum absolute atomic E-state index is 13.2. The molecular weight excluding hydrogens is 390 g/mol. The molecule has 2 heterocycles. The second-order valence-electron chi connectivity index (χ2n) is 8.32. The second-order valence-corrected chi connectivity index (χ2v) is 8.32. The molecule has 0 bridgehead atoms. The Kier molecular flexibility index (Phi) is 5.81. The summed E-state index contributed by atoms with van der Waals surface area (Å²) < 4.78 is 1.75. The minimum Gasteiger partial charge on any atom is -0.338 e. The summed E-state index contributed by atoms with van der Waals surface area (Å²) in [6.45, 7) is 5.94. The van der Waals surface area contributed by atoms with Crippen LogP contribution in [0.15, 0.2) is 48.5 Å². The molecule has 0 aliphatic rings. The number of hydrogen-bond donors (Lipinski definition) is 2. The van der Waals surface area contributed by atoms with E-state index in [9.17, 15) is 4.79 Å². The number of likely N-dealkylation sites (N-methyl/N-ethyl adjacent to an activating group) is 1. The number of carbonyl (C=O) groups excluding carboxylic acids is 1. The smallest absolute Gasteiger partial charge is 0.322 e. The van der Waals surface area contributed by atoms with Crippen molar-refractivity contribution in [3.05, 3.63) is 65.2 Å². The number of pyridine rings is 1. The molecule has 4 aromatic rings. The SMILES string of the molecule is Cc1ccc(NC(=O)N(CC[NH+](C)C)Cc2cc3cc(C)ccc3n3nnnc23)cc1. The van der Waals surface area contributed by atoms with Gasteiger partial charge in [-0.15, -0.1) is 5.10 Å². The molecule has 2 aromatic carbocycles. The number of rotatable bonds is 6. The zero-order valence-electron chi connectivity index (χ0n) is 18.4. The number of quaternary nitrogens is 1. The lowest BCUT2D eigenvalue weighted by Gasteiger charge is -2.24. The van der Waals surface area contributed by atoms with Crippen LogP contribution in [-0.2, 0) is 6.54 Å². The van der Waals surface area contributed by atoms with Crippen LogP contribution in [0, 0.1) is 13.8 Å². The third-order valence-corrected chi connectivity index (χ3v) is 5.33. The van der Waals surface area contributed by atoms with Gasteiger partial charge in [0, 0.05) is 16.6 Å². The predicted octanol–water partition coefficient (Wildman–Crippen LogP) is 2.07. The van der Waals surface area contributed by atoms with Gasteiger partial charge in [-0.1, -0.05) is 29.3 Å². The number of urea groups is 1. The first-order valence-electron chi connectivity index (χ1n) is 10.4. The van der Waals surface area contributed by atoms with Crippen molar-refractivity contribution in [2.24, 2.45) is 0 Å². The predicted molar refractivity (Wildman–Crippen MR) is 121 cm³/mol. The third kappa shape index (κ3) is 4.64. The van der Waals surface area contributed by atoms with E-state index < -0.39 is 0 Å². The number of nitrogens with one attached hydrogen (secondary N) is 2. The van der Waals surface area contributed by atoms with Crippen LogP contribution in [0.3, 0.4) is 0 Å². The fraction of sp³-hybridized carbons (Fsp3) is 0.304. The van der Waals surface area contributed by atoms with Crippen molar-refractivity contribution in [1.29, 1.82) is 0 Å². The summed E-state index contributed by atoms with van der Waals surface area (Å²) in [6, 6.07) is 15.9. The lowest BCUT2D eigenvalue weighted by Crippen LogP contribution is -3.06. The van der Waals surface area contributed by atoms with Crippen molar-refractivity contribution in [2.75, 3.05) is 32.5 Å². The maximum atomic E-state index is 13.2. The third-order valence-electron chi connectivity index (χ3n) is 5.33. The summed E-state index contributed by atoms with van der Waals surface area (Å²) >= 11 is 0. The molecule has 160 valence electrons. The van der Waals surface area contributed by atoms with Gasteiger partial charge in [-0.25, -0.2) is 4.79 Å². The van der Waals surface area contributed by atoms with Crippen molar-refractivity contribution >= 4 is 28.3 Å². The van der Waals surface area contributed by atoms with Crippen LogP contribution in [0.5, 0.6) is 0 Å². The zero-order valence-corrected chi connectivity index (χ0v) is 18.4. The summed E-state index contributed by atoms with van der Waals surface area (Å²) in [5.41, 5.74) is 5.62. The molecule has 0 saturated heterocycles. The highest BCUT2D eigenvalue weighted by molar-refractivity contribution is 5.90. The Morgan fingerprint density at radius 2 is 1.81 bits per heavy atom. The summed E-state index contributed by atoms with van der Waals surface area (Å²) in [7, 11) is 4.16. The van der Waals surface area contributed by atoms with Crippen LogP contribution >= 0.6 is 0 Å². The maximum Gasteiger partial charge on any atom is 0.322 e. The van der Waals surface area contributed by atoms with Crippen LogP contribution in [-0.4, -0.2) is 58.2 Å². The molecule has 0 unspecified atom stereocenters. The number of aromatic nitrogens is 4. The van der Waals surface area contributed by atoms with E-state index in [1.165, 1.54) is 4.90 Å². The van der Waals surface area contributed by atoms with Crippen molar-refractivity contribution in [2.45, 2.75) is 20.4 Å². The molecule has 0 fully saturated rings. The number of hydrogen-bond acceptors (Lipinski definition) is 4. The number of aryl methyl sites for hydroxylation is 2. The fourth-order valence-electron chi connectivity index (χ4n) is 3.56. The lowest BCUT2D eigenvalue weighted by molar-refractivity contribution is -0.857. The standard InChI is InChI=1S/C23H27N7O/c1-16-5-8-20(9-6-16)24-23(31)29(12-11-28(3)4)15-19-14-18-13-17(2)7-10-21(18)30-22(19)25-26-27-30/h5-10,13-14H,11-12,15H2,1-4H3,(H,24,31)/p+1. The fourth-order valence-corrected chi connectivity index (χ4v) is 3.56. The minimum atomic E-state index is -0.139. The summed E-state index contributed by atoms with van der Waals surface area (Å²) in [6.07, 6.45) is 0. The highest BCUT2D eigenvalue weighted by atomic mass is 16.2. The Morgan fingerprint density at radius 1 is 1.06 bits per heavy atom. The molecule has 2 amide bonds. The molecule has 8 nitrogen and oxygen atoms in total. The molecule has 8 heteroatoms. The van der Waals surface area contributed by atoms with Gasteiger partial charge in [0.05, 0.1) is 39.2 Å². The first-order chi connectivity index (χ1) is 14.9. The molecule has 0 aliphatic heterocycles. The number of carbonyl (C=O) groups is 1. The molecular formula is C23H28N7O+. The molecule has 4 rings (SSSR count). The van der Waals surface area contributed by atoms with E-state index in [0.717, 1.165) is 39.8 Å². The van der Waals surface area contributed by atoms with Gasteiger partial charge in [-0.3, -0.25) is 0 Å². The largest absolute Gasteiger partial charge is 0.338 e. The van der Waals surface area contributed by atoms with Crippen molar-refractivity contribution in [3.63, 3.8) is 0 Å². The zero-order chi connectivity index (χ0) is 22.0. The average Bonchev–Trinajstić information content (AvgIpc) is 3.22. The molecule has 0 aliphatic carbocycles. The number of amides is 2. The summed E-state index contributed by atoms with van der Waals surface area (Å²) in [5.74, 6) is 0. The van der Waals surface area contributed by atoms with E-state index in [-0.39, 0.29) is 6.03 Å². The van der Waals surface area contributed by atoms with Gasteiger partial charge in [0.1, 0.15) is 0 Å². The number of fused-ring (bicyclic) bond motifs is 3. The number of nitrogens with zero attached hydrogens (tertiary/aromatic N) is 5. The van der Waals surface area contributed by atoms with E-state index in [1.807, 2.05) is 48.2 Å². The highest BCUT2D eigenvalue weighted by Gasteiger charge is 2.19. The Balaban J connectivity index is 1.67. The Bertz CT molecular complexity index is 1210. The molecule has 2 aromatic heterocycles. The van der Waals surface area contributed by atoms with Crippen LogP contribution in [0.4, 0.5) is 10.5 Å². The lowest BCUT2D eigenvalue weighted by atomic mass is 10.1. The minimum absolute atomic E-state index is 0.139. The molecule has 2 N–H and O–H groups in total. The molecule has 0 spiro atoms. The molecule has 31 heavy (non-hydrogen) atoms. The van der Waals surface area contributed by atoms with Gasteiger partial charge in [-0.05, 0) is 54.6 Å². The highest BCUT2D eigenvalue weighted by Crippen LogP contribution is 2.22. The molecule has 0 atom stereocenters. The van der Waals surface area contributed by atoms with Gasteiger partial charge >= 0.3 is 6.03 Å². The Labute approximate surface area is 181 Å². The first-order valence-corrected chi connectivity index (χ1v) is 10.4. The summed E-state index contributed by atoms with van der Waals surface area (Å²) in [4.78, 5) is 16.2. The number of benzene rings is 2. The van der Waals surface area contributed by atoms with Gasteiger partial charge in [0.15, 0.2) is 5.65 Å². The van der Waals surface area contributed by atoms with E-state index in [0.29, 0.717) is 18.7 Å². The monoisotopic (exact) mass is 418 g/mol. The molecule has 0 saturated carbocycles. The van der Waals surface area contributed by atoms with Gasteiger partial charge in [0.2, 0.25) is 0 Å². The van der Waals surface area contributed by atoms with Crippen molar-refractivity contribution in [3.8, 4) is 0 Å². The Morgan fingerprint density at radius 3 is 2.55 bits per heavy atom. The van der Waals surface area contributed by atoms with Crippen LogP contribution in [0.2, 0.25) is 0 Å². The van der Waals surface area contributed by atoms with E-state index in [2.05, 4.69) is 54.0 Å². The second kappa shape index (κ2) is 8.69. The number of tetrazole rings is 1. The van der Waals surface area contributed by atoms with E-state index in [1.54, 1.807) is 4.52 Å².